The van der Waals surface area contributed by atoms with Crippen molar-refractivity contribution in [3.63, 3.8) is 0 Å². The van der Waals surface area contributed by atoms with Crippen LogP contribution in [0.15, 0.2) is 18.2 Å². The van der Waals surface area contributed by atoms with Crippen LogP contribution in [0.3, 0.4) is 0 Å². The molecule has 136 valence electrons. The summed E-state index contributed by atoms with van der Waals surface area (Å²) in [6.07, 6.45) is 0.864. The molecule has 0 radical (unpaired) electrons. The Morgan fingerprint density at radius 1 is 1.16 bits per heavy atom. The number of benzene rings is 1. The molecule has 2 N–H and O–H groups in total. The van der Waals surface area contributed by atoms with Gasteiger partial charge in [0.1, 0.15) is 0 Å². The van der Waals surface area contributed by atoms with Crippen molar-refractivity contribution in [3.05, 3.63) is 29.3 Å². The number of anilines is 1. The molecule has 7 nitrogen and oxygen atoms in total. The van der Waals surface area contributed by atoms with Gasteiger partial charge in [0.05, 0.1) is 6.61 Å². The smallest absolute Gasteiger partial charge is 0.409 e. The van der Waals surface area contributed by atoms with Gasteiger partial charge in [-0.2, -0.15) is 0 Å². The Bertz CT molecular complexity index is 652. The van der Waals surface area contributed by atoms with Crippen LogP contribution >= 0.6 is 0 Å². The van der Waals surface area contributed by atoms with E-state index in [0.29, 0.717) is 38.2 Å². The Kier molecular flexibility index (Phi) is 6.38. The van der Waals surface area contributed by atoms with Gasteiger partial charge in [0.25, 0.3) is 0 Å². The summed E-state index contributed by atoms with van der Waals surface area (Å²) in [5.41, 5.74) is 2.62. The number of amides is 3. The van der Waals surface area contributed by atoms with E-state index in [1.54, 1.807) is 17.9 Å². The van der Waals surface area contributed by atoms with Gasteiger partial charge in [-0.25, -0.2) is 4.79 Å². The number of piperidine rings is 1. The first-order valence-corrected chi connectivity index (χ1v) is 8.52. The molecule has 0 aliphatic carbocycles. The number of nitrogens with one attached hydrogen (secondary N) is 2. The lowest BCUT2D eigenvalue weighted by Gasteiger charge is -2.31. The monoisotopic (exact) mass is 347 g/mol. The van der Waals surface area contributed by atoms with E-state index in [2.05, 4.69) is 10.6 Å². The first kappa shape index (κ1) is 18.8. The van der Waals surface area contributed by atoms with Gasteiger partial charge in [-0.3, -0.25) is 9.59 Å². The Morgan fingerprint density at radius 3 is 2.48 bits per heavy atom. The van der Waals surface area contributed by atoms with Gasteiger partial charge in [-0.15, -0.1) is 0 Å². The van der Waals surface area contributed by atoms with Crippen LogP contribution in [-0.2, 0) is 14.3 Å². The van der Waals surface area contributed by atoms with Gasteiger partial charge in [0, 0.05) is 24.8 Å². The molecule has 7 heteroatoms. The number of ether oxygens (including phenoxy) is 1. The maximum absolute atomic E-state index is 12.1. The third-order valence-electron chi connectivity index (χ3n) is 4.42. The minimum atomic E-state index is -0.679. The number of carbonyl (C=O) groups is 3. The van der Waals surface area contributed by atoms with Crippen LogP contribution in [0.25, 0.3) is 0 Å². The lowest BCUT2D eigenvalue weighted by atomic mass is 10.1. The molecule has 1 aromatic carbocycles. The van der Waals surface area contributed by atoms with E-state index in [1.165, 1.54) is 0 Å². The Morgan fingerprint density at radius 2 is 1.84 bits per heavy atom. The van der Waals surface area contributed by atoms with Crippen LogP contribution in [-0.4, -0.2) is 48.5 Å². The molecule has 2 rings (SSSR count). The van der Waals surface area contributed by atoms with Gasteiger partial charge in [0.15, 0.2) is 0 Å². The molecular weight excluding hydrogens is 322 g/mol. The van der Waals surface area contributed by atoms with E-state index in [-0.39, 0.29) is 12.1 Å². The first-order valence-electron chi connectivity index (χ1n) is 8.52. The summed E-state index contributed by atoms with van der Waals surface area (Å²) in [6, 6.07) is 5.43. The highest BCUT2D eigenvalue weighted by molar-refractivity contribution is 6.39. The minimum absolute atomic E-state index is 0.123. The molecule has 1 heterocycles. The summed E-state index contributed by atoms with van der Waals surface area (Å²) < 4.78 is 4.96. The first-order chi connectivity index (χ1) is 11.9. The number of nitrogens with zero attached hydrogens (tertiary/aromatic N) is 1. The summed E-state index contributed by atoms with van der Waals surface area (Å²) in [5.74, 6) is -1.34. The lowest BCUT2D eigenvalue weighted by molar-refractivity contribution is -0.136. The van der Waals surface area contributed by atoms with E-state index in [0.717, 1.165) is 11.1 Å². The zero-order valence-electron chi connectivity index (χ0n) is 14.9. The van der Waals surface area contributed by atoms with Crippen LogP contribution in [0.5, 0.6) is 0 Å². The standard InChI is InChI=1S/C18H25N3O4/c1-4-25-18(24)21-10-8-14(9-11-21)19-16(22)17(23)20-15-7-5-6-12(2)13(15)3/h5-7,14H,4,8-11H2,1-3H3,(H,19,22)(H,20,23). The normalized spacial score (nSPS) is 14.8. The summed E-state index contributed by atoms with van der Waals surface area (Å²) in [4.78, 5) is 37.5. The second-order valence-corrected chi connectivity index (χ2v) is 6.14. The van der Waals surface area contributed by atoms with Gasteiger partial charge < -0.3 is 20.3 Å². The zero-order chi connectivity index (χ0) is 18.4. The number of hydrogen-bond acceptors (Lipinski definition) is 4. The molecule has 25 heavy (non-hydrogen) atoms. The van der Waals surface area contributed by atoms with Crippen molar-refractivity contribution in [2.75, 3.05) is 25.0 Å². The molecule has 1 aromatic rings. The van der Waals surface area contributed by atoms with Gasteiger partial charge in [0.2, 0.25) is 0 Å². The molecule has 0 spiro atoms. The largest absolute Gasteiger partial charge is 0.450 e. The molecule has 0 saturated carbocycles. The topological polar surface area (TPSA) is 87.7 Å². The Labute approximate surface area is 147 Å². The summed E-state index contributed by atoms with van der Waals surface area (Å²) in [6.45, 7) is 6.95. The molecule has 3 amide bonds. The highest BCUT2D eigenvalue weighted by atomic mass is 16.6. The van der Waals surface area contributed by atoms with Crippen LogP contribution in [0.2, 0.25) is 0 Å². The maximum atomic E-state index is 12.1. The Balaban J connectivity index is 1.83. The van der Waals surface area contributed by atoms with Crippen molar-refractivity contribution in [2.24, 2.45) is 0 Å². The fourth-order valence-electron chi connectivity index (χ4n) is 2.74. The van der Waals surface area contributed by atoms with E-state index in [9.17, 15) is 14.4 Å². The van der Waals surface area contributed by atoms with Crippen molar-refractivity contribution in [3.8, 4) is 0 Å². The van der Waals surface area contributed by atoms with Gasteiger partial charge >= 0.3 is 17.9 Å². The number of rotatable bonds is 3. The molecule has 1 aliphatic rings. The van der Waals surface area contributed by atoms with Crippen LogP contribution < -0.4 is 10.6 Å². The predicted octanol–water partition coefficient (Wildman–Crippen LogP) is 1.98. The highest BCUT2D eigenvalue weighted by Gasteiger charge is 2.26. The number of carbonyl (C=O) groups excluding carboxylic acids is 3. The second-order valence-electron chi connectivity index (χ2n) is 6.14. The van der Waals surface area contributed by atoms with E-state index in [1.807, 2.05) is 26.0 Å². The van der Waals surface area contributed by atoms with Crippen LogP contribution in [0.4, 0.5) is 10.5 Å². The minimum Gasteiger partial charge on any atom is -0.450 e. The van der Waals surface area contributed by atoms with Crippen molar-refractivity contribution in [1.82, 2.24) is 10.2 Å². The number of aryl methyl sites for hydroxylation is 1. The van der Waals surface area contributed by atoms with Crippen molar-refractivity contribution in [1.29, 1.82) is 0 Å². The van der Waals surface area contributed by atoms with E-state index in [4.69, 9.17) is 4.74 Å². The van der Waals surface area contributed by atoms with Crippen molar-refractivity contribution in [2.45, 2.75) is 39.7 Å². The van der Waals surface area contributed by atoms with Crippen molar-refractivity contribution >= 4 is 23.6 Å². The van der Waals surface area contributed by atoms with Crippen LogP contribution in [0.1, 0.15) is 30.9 Å². The predicted molar refractivity (Wildman–Crippen MR) is 94.3 cm³/mol. The van der Waals surface area contributed by atoms with Gasteiger partial charge in [-0.1, -0.05) is 12.1 Å². The van der Waals surface area contributed by atoms with E-state index < -0.39 is 11.8 Å². The lowest BCUT2D eigenvalue weighted by Crippen LogP contribution is -2.49. The fraction of sp³-hybridized carbons (Fsp3) is 0.500. The van der Waals surface area contributed by atoms with Crippen molar-refractivity contribution < 1.29 is 19.1 Å². The second kappa shape index (κ2) is 8.50. The summed E-state index contributed by atoms with van der Waals surface area (Å²) >= 11 is 0. The molecule has 0 aromatic heterocycles. The average Bonchev–Trinajstić information content (AvgIpc) is 2.59. The molecule has 0 atom stereocenters. The summed E-state index contributed by atoms with van der Waals surface area (Å²) in [7, 11) is 0. The highest BCUT2D eigenvalue weighted by Crippen LogP contribution is 2.18. The number of likely N-dealkylation sites (tertiary alicyclic amines) is 1. The van der Waals surface area contributed by atoms with E-state index >= 15 is 0 Å². The molecule has 0 unspecified atom stereocenters. The summed E-state index contributed by atoms with van der Waals surface area (Å²) in [5, 5.41) is 5.38. The average molecular weight is 347 g/mol. The zero-order valence-corrected chi connectivity index (χ0v) is 14.9. The molecule has 1 aliphatic heterocycles. The molecular formula is C18H25N3O4. The number of hydrogen-bond donors (Lipinski definition) is 2. The third kappa shape index (κ3) is 4.95. The maximum Gasteiger partial charge on any atom is 0.409 e. The fourth-order valence-corrected chi connectivity index (χ4v) is 2.74. The molecule has 1 fully saturated rings. The Hall–Kier alpha value is -2.57. The molecule has 1 saturated heterocycles. The van der Waals surface area contributed by atoms with Crippen LogP contribution in [0, 0.1) is 13.8 Å². The third-order valence-corrected chi connectivity index (χ3v) is 4.42. The quantitative estimate of drug-likeness (QED) is 0.819. The molecule has 0 bridgehead atoms. The van der Waals surface area contributed by atoms with Gasteiger partial charge in [-0.05, 0) is 50.8 Å². The SMILES string of the molecule is CCOC(=O)N1CCC(NC(=O)C(=O)Nc2cccc(C)c2C)CC1.